The molecule has 1 unspecified atom stereocenters. The second kappa shape index (κ2) is 12.0. The van der Waals surface area contributed by atoms with Crippen molar-refractivity contribution in [3.05, 3.63) is 70.9 Å². The van der Waals surface area contributed by atoms with E-state index in [1.54, 1.807) is 6.92 Å². The largest absolute Gasteiger partial charge is 0.481 e. The predicted octanol–water partition coefficient (Wildman–Crippen LogP) is 5.66. The lowest BCUT2D eigenvalue weighted by atomic mass is 9.71. The van der Waals surface area contributed by atoms with Gasteiger partial charge in [-0.15, -0.1) is 0 Å². The predicted molar refractivity (Wildman–Crippen MR) is 123 cm³/mol. The maximum atomic E-state index is 12.8. The van der Waals surface area contributed by atoms with Crippen molar-refractivity contribution in [3.63, 3.8) is 0 Å². The van der Waals surface area contributed by atoms with Crippen LogP contribution >= 0.6 is 0 Å². The second-order valence-electron chi connectivity index (χ2n) is 8.40. The lowest BCUT2D eigenvalue weighted by Gasteiger charge is -2.36. The van der Waals surface area contributed by atoms with Gasteiger partial charge in [-0.1, -0.05) is 73.6 Å². The Hall–Kier alpha value is -2.95. The average Bonchev–Trinajstić information content (AvgIpc) is 2.68. The molecule has 0 aromatic carbocycles. The summed E-state index contributed by atoms with van der Waals surface area (Å²) in [6, 6.07) is 0. The fraction of sp³-hybridized carbons (Fsp3) is 0.423. The normalized spacial score (nSPS) is 20.3. The molecule has 0 fully saturated rings. The van der Waals surface area contributed by atoms with E-state index < -0.39 is 18.0 Å². The summed E-state index contributed by atoms with van der Waals surface area (Å²) in [5.41, 5.74) is 3.30. The minimum absolute atomic E-state index is 0.228. The second-order valence-corrected chi connectivity index (χ2v) is 8.40. The van der Waals surface area contributed by atoms with Gasteiger partial charge < -0.3 is 9.84 Å². The number of rotatable bonds is 9. The van der Waals surface area contributed by atoms with E-state index in [-0.39, 0.29) is 24.0 Å². The molecule has 1 atom stereocenters. The molecule has 0 saturated heterocycles. The number of allylic oxidation sites excluding steroid dienone is 11. The van der Waals surface area contributed by atoms with Crippen molar-refractivity contribution in [2.24, 2.45) is 5.41 Å². The summed E-state index contributed by atoms with van der Waals surface area (Å²) >= 11 is 0. The quantitative estimate of drug-likeness (QED) is 0.380. The number of Topliss-reactive ketones (excluding diaryl/α,β-unsaturated/α-hetero) is 1. The number of hydrogen-bond acceptors (Lipinski definition) is 4. The van der Waals surface area contributed by atoms with Gasteiger partial charge in [-0.3, -0.25) is 14.4 Å². The molecule has 168 valence electrons. The Morgan fingerprint density at radius 2 is 1.71 bits per heavy atom. The van der Waals surface area contributed by atoms with Gasteiger partial charge in [-0.05, 0) is 44.3 Å². The van der Waals surface area contributed by atoms with E-state index in [0.717, 1.165) is 16.7 Å². The topological polar surface area (TPSA) is 80.7 Å². The molecule has 0 aromatic heterocycles. The summed E-state index contributed by atoms with van der Waals surface area (Å²) in [7, 11) is 0. The maximum Gasteiger partial charge on any atom is 0.307 e. The van der Waals surface area contributed by atoms with Crippen molar-refractivity contribution >= 4 is 17.7 Å². The van der Waals surface area contributed by atoms with Gasteiger partial charge in [0.15, 0.2) is 11.9 Å². The van der Waals surface area contributed by atoms with E-state index >= 15 is 0 Å². The van der Waals surface area contributed by atoms with Gasteiger partial charge >= 0.3 is 11.9 Å². The number of ketones is 1. The van der Waals surface area contributed by atoms with Gasteiger partial charge in [0, 0.05) is 6.42 Å². The number of aliphatic carboxylic acids is 1. The van der Waals surface area contributed by atoms with E-state index in [2.05, 4.69) is 0 Å². The fourth-order valence-corrected chi connectivity index (χ4v) is 3.35. The highest BCUT2D eigenvalue weighted by Crippen LogP contribution is 2.40. The highest BCUT2D eigenvalue weighted by atomic mass is 16.5. The molecule has 0 saturated carbocycles. The van der Waals surface area contributed by atoms with Crippen LogP contribution < -0.4 is 0 Å². The van der Waals surface area contributed by atoms with E-state index in [1.807, 2.05) is 83.2 Å². The monoisotopic (exact) mass is 426 g/mol. The Balaban J connectivity index is 2.94. The van der Waals surface area contributed by atoms with Crippen molar-refractivity contribution in [3.8, 4) is 0 Å². The molecule has 0 heterocycles. The average molecular weight is 427 g/mol. The molecular formula is C26H34O5. The third-order valence-electron chi connectivity index (χ3n) is 5.09. The van der Waals surface area contributed by atoms with Crippen molar-refractivity contribution in [1.29, 1.82) is 0 Å². The SMILES string of the molecule is CC=CC=C(C)C=CC=C(C)C=CC1=C(C)C(=O)C(OC(=O)CCC(=O)O)CC1(C)C. The Bertz CT molecular complexity index is 875. The molecule has 5 nitrogen and oxygen atoms in total. The molecule has 0 spiro atoms. The van der Waals surface area contributed by atoms with Crippen molar-refractivity contribution in [1.82, 2.24) is 0 Å². The molecule has 1 aliphatic carbocycles. The number of hydrogen-bond donors (Lipinski definition) is 1. The first-order valence-corrected chi connectivity index (χ1v) is 10.5. The molecule has 0 bridgehead atoms. The smallest absolute Gasteiger partial charge is 0.307 e. The van der Waals surface area contributed by atoms with Crippen LogP contribution in [0, 0.1) is 5.41 Å². The van der Waals surface area contributed by atoms with Gasteiger partial charge in [0.25, 0.3) is 0 Å². The summed E-state index contributed by atoms with van der Waals surface area (Å²) in [6.07, 6.45) is 14.9. The Morgan fingerprint density at radius 3 is 2.32 bits per heavy atom. The number of esters is 1. The Kier molecular flexibility index (Phi) is 10.1. The van der Waals surface area contributed by atoms with Crippen molar-refractivity contribution in [2.75, 3.05) is 0 Å². The summed E-state index contributed by atoms with van der Waals surface area (Å²) in [6.45, 7) is 11.8. The van der Waals surface area contributed by atoms with Crippen LogP contribution in [0.15, 0.2) is 70.9 Å². The molecule has 0 aromatic rings. The van der Waals surface area contributed by atoms with Gasteiger partial charge in [-0.2, -0.15) is 0 Å². The van der Waals surface area contributed by atoms with Crippen molar-refractivity contribution in [2.45, 2.75) is 66.9 Å². The molecular weight excluding hydrogens is 392 g/mol. The number of carboxylic acid groups (broad SMARTS) is 1. The van der Waals surface area contributed by atoms with Crippen LogP contribution in [0.2, 0.25) is 0 Å². The summed E-state index contributed by atoms with van der Waals surface area (Å²) in [5, 5.41) is 8.70. The number of carboxylic acids is 1. The molecule has 1 aliphatic rings. The highest BCUT2D eigenvalue weighted by molar-refractivity contribution is 6.01. The summed E-state index contributed by atoms with van der Waals surface area (Å²) in [5.74, 6) is -1.96. The molecule has 0 amide bonds. The first-order valence-electron chi connectivity index (χ1n) is 10.5. The van der Waals surface area contributed by atoms with Gasteiger partial charge in [0.05, 0.1) is 12.8 Å². The van der Waals surface area contributed by atoms with E-state index in [0.29, 0.717) is 12.0 Å². The number of ether oxygens (including phenoxy) is 1. The number of carbonyl (C=O) groups excluding carboxylic acids is 2. The van der Waals surface area contributed by atoms with Crippen LogP contribution in [0.25, 0.3) is 0 Å². The van der Waals surface area contributed by atoms with Gasteiger partial charge in [0.1, 0.15) is 0 Å². The van der Waals surface area contributed by atoms with Gasteiger partial charge in [-0.25, -0.2) is 0 Å². The van der Waals surface area contributed by atoms with Crippen molar-refractivity contribution < 1.29 is 24.2 Å². The van der Waals surface area contributed by atoms with Crippen LogP contribution in [0.5, 0.6) is 0 Å². The maximum absolute atomic E-state index is 12.8. The molecule has 0 aliphatic heterocycles. The van der Waals surface area contributed by atoms with Crippen LogP contribution in [-0.2, 0) is 19.1 Å². The van der Waals surface area contributed by atoms with E-state index in [4.69, 9.17) is 9.84 Å². The minimum atomic E-state index is -1.07. The van der Waals surface area contributed by atoms with E-state index in [9.17, 15) is 14.4 Å². The van der Waals surface area contributed by atoms with Crippen LogP contribution in [0.3, 0.4) is 0 Å². The summed E-state index contributed by atoms with van der Waals surface area (Å²) < 4.78 is 5.30. The number of carbonyl (C=O) groups is 3. The van der Waals surface area contributed by atoms with E-state index in [1.165, 1.54) is 0 Å². The van der Waals surface area contributed by atoms with Crippen LogP contribution in [-0.4, -0.2) is 28.9 Å². The molecule has 1 N–H and O–H groups in total. The Labute approximate surface area is 185 Å². The molecule has 31 heavy (non-hydrogen) atoms. The first kappa shape index (κ1) is 26.1. The standard InChI is InChI=1S/C26H34O5/c1-7-8-10-18(2)11-9-12-19(3)13-14-21-20(4)25(30)22(17-26(21,5)6)31-24(29)16-15-23(27)28/h7-14,22H,15-17H2,1-6H3,(H,27,28). The van der Waals surface area contributed by atoms with Crippen LogP contribution in [0.4, 0.5) is 0 Å². The molecule has 0 radical (unpaired) electrons. The zero-order valence-corrected chi connectivity index (χ0v) is 19.4. The Morgan fingerprint density at radius 1 is 1.10 bits per heavy atom. The lowest BCUT2D eigenvalue weighted by Crippen LogP contribution is -2.39. The zero-order chi connectivity index (χ0) is 23.6. The van der Waals surface area contributed by atoms with Crippen LogP contribution in [0.1, 0.15) is 60.8 Å². The minimum Gasteiger partial charge on any atom is -0.481 e. The zero-order valence-electron chi connectivity index (χ0n) is 19.4. The third kappa shape index (κ3) is 8.75. The molecule has 1 rings (SSSR count). The third-order valence-corrected chi connectivity index (χ3v) is 5.09. The summed E-state index contributed by atoms with van der Waals surface area (Å²) in [4.78, 5) is 35.3. The lowest BCUT2D eigenvalue weighted by molar-refractivity contribution is -0.157. The highest BCUT2D eigenvalue weighted by Gasteiger charge is 2.39. The molecule has 5 heteroatoms. The first-order chi connectivity index (χ1) is 14.5. The fourth-order valence-electron chi connectivity index (χ4n) is 3.35. The van der Waals surface area contributed by atoms with Gasteiger partial charge in [0.2, 0.25) is 0 Å².